The summed E-state index contributed by atoms with van der Waals surface area (Å²) in [5, 5.41) is 4.52. The number of rotatable bonds is 6. The molecule has 5 heteroatoms. The Kier molecular flexibility index (Phi) is 4.69. The first kappa shape index (κ1) is 15.0. The van der Waals surface area contributed by atoms with Gasteiger partial charge in [0.15, 0.2) is 0 Å². The fraction of sp³-hybridized carbons (Fsp3) is 0.786. The molecule has 0 aromatic carbocycles. The van der Waals surface area contributed by atoms with Crippen LogP contribution in [0.25, 0.3) is 0 Å². The highest BCUT2D eigenvalue weighted by molar-refractivity contribution is 9.10. The van der Waals surface area contributed by atoms with Crippen LogP contribution in [-0.2, 0) is 17.7 Å². The zero-order valence-corrected chi connectivity index (χ0v) is 13.7. The molecule has 1 unspecified atom stereocenters. The molecular formula is C14H24BrN3O. The normalized spacial score (nSPS) is 19.2. The topological polar surface area (TPSA) is 53.1 Å². The van der Waals surface area contributed by atoms with Gasteiger partial charge in [0.05, 0.1) is 21.5 Å². The molecular weight excluding hydrogens is 306 g/mol. The number of nitrogens with zero attached hydrogens (tertiary/aromatic N) is 2. The SMILES string of the molecule is CCn1nc(C)c(Br)c1CC(N)CC1(OC)CCC1. The summed E-state index contributed by atoms with van der Waals surface area (Å²) in [4.78, 5) is 0. The molecule has 1 aliphatic rings. The van der Waals surface area contributed by atoms with Gasteiger partial charge in [-0.25, -0.2) is 0 Å². The van der Waals surface area contributed by atoms with E-state index in [0.717, 1.165) is 42.4 Å². The third-order valence-corrected chi connectivity index (χ3v) is 5.27. The van der Waals surface area contributed by atoms with Gasteiger partial charge < -0.3 is 10.5 Å². The Labute approximate surface area is 123 Å². The summed E-state index contributed by atoms with van der Waals surface area (Å²) < 4.78 is 8.80. The average molecular weight is 330 g/mol. The van der Waals surface area contributed by atoms with Gasteiger partial charge in [-0.2, -0.15) is 5.10 Å². The van der Waals surface area contributed by atoms with Crippen LogP contribution in [0.2, 0.25) is 0 Å². The zero-order valence-electron chi connectivity index (χ0n) is 12.1. The summed E-state index contributed by atoms with van der Waals surface area (Å²) in [7, 11) is 1.81. The van der Waals surface area contributed by atoms with Crippen LogP contribution < -0.4 is 5.73 Å². The van der Waals surface area contributed by atoms with Crippen LogP contribution in [-0.4, -0.2) is 28.5 Å². The Morgan fingerprint density at radius 1 is 1.53 bits per heavy atom. The Morgan fingerprint density at radius 2 is 2.21 bits per heavy atom. The van der Waals surface area contributed by atoms with E-state index in [1.54, 1.807) is 0 Å². The summed E-state index contributed by atoms with van der Waals surface area (Å²) in [6.45, 7) is 5.01. The molecule has 1 fully saturated rings. The van der Waals surface area contributed by atoms with E-state index in [9.17, 15) is 0 Å². The van der Waals surface area contributed by atoms with Crippen molar-refractivity contribution in [1.29, 1.82) is 0 Å². The molecule has 19 heavy (non-hydrogen) atoms. The summed E-state index contributed by atoms with van der Waals surface area (Å²) >= 11 is 3.63. The Hall–Kier alpha value is -0.390. The maximum absolute atomic E-state index is 6.34. The van der Waals surface area contributed by atoms with Crippen LogP contribution in [0.3, 0.4) is 0 Å². The molecule has 108 valence electrons. The van der Waals surface area contributed by atoms with E-state index in [1.165, 1.54) is 12.1 Å². The predicted molar refractivity (Wildman–Crippen MR) is 80.2 cm³/mol. The van der Waals surface area contributed by atoms with Crippen molar-refractivity contribution in [2.45, 2.75) is 64.1 Å². The highest BCUT2D eigenvalue weighted by Gasteiger charge is 2.38. The zero-order chi connectivity index (χ0) is 14.0. The van der Waals surface area contributed by atoms with Gasteiger partial charge >= 0.3 is 0 Å². The second kappa shape index (κ2) is 5.94. The fourth-order valence-electron chi connectivity index (χ4n) is 2.93. The van der Waals surface area contributed by atoms with E-state index in [1.807, 2.05) is 18.7 Å². The summed E-state index contributed by atoms with van der Waals surface area (Å²) in [6.07, 6.45) is 5.33. The first-order chi connectivity index (χ1) is 9.01. The molecule has 4 nitrogen and oxygen atoms in total. The number of ether oxygens (including phenoxy) is 1. The van der Waals surface area contributed by atoms with Crippen LogP contribution >= 0.6 is 15.9 Å². The van der Waals surface area contributed by atoms with Crippen LogP contribution in [0.15, 0.2) is 4.47 Å². The van der Waals surface area contributed by atoms with Crippen LogP contribution in [0, 0.1) is 6.92 Å². The highest BCUT2D eigenvalue weighted by atomic mass is 79.9. The molecule has 0 aliphatic heterocycles. The van der Waals surface area contributed by atoms with E-state index in [4.69, 9.17) is 10.5 Å². The third kappa shape index (κ3) is 3.03. The van der Waals surface area contributed by atoms with E-state index in [-0.39, 0.29) is 11.6 Å². The number of nitrogens with two attached hydrogens (primary N) is 1. The fourth-order valence-corrected chi connectivity index (χ4v) is 3.37. The van der Waals surface area contributed by atoms with Crippen LogP contribution in [0.4, 0.5) is 0 Å². The number of halogens is 1. The maximum atomic E-state index is 6.34. The Morgan fingerprint density at radius 3 is 2.68 bits per heavy atom. The van der Waals surface area contributed by atoms with Crippen LogP contribution in [0.1, 0.15) is 44.0 Å². The van der Waals surface area contributed by atoms with Crippen molar-refractivity contribution < 1.29 is 4.74 Å². The van der Waals surface area contributed by atoms with Crippen molar-refractivity contribution in [3.8, 4) is 0 Å². The van der Waals surface area contributed by atoms with E-state index in [2.05, 4.69) is 28.0 Å². The van der Waals surface area contributed by atoms with Gasteiger partial charge in [0, 0.05) is 26.1 Å². The lowest BCUT2D eigenvalue weighted by molar-refractivity contribution is -0.0814. The first-order valence-corrected chi connectivity index (χ1v) is 7.83. The second-order valence-corrected chi connectivity index (χ2v) is 6.36. The number of hydrogen-bond donors (Lipinski definition) is 1. The van der Waals surface area contributed by atoms with Crippen molar-refractivity contribution in [1.82, 2.24) is 9.78 Å². The number of hydrogen-bond acceptors (Lipinski definition) is 3. The number of aromatic nitrogens is 2. The standard InChI is InChI=1S/C14H24BrN3O/c1-4-18-12(13(15)10(2)17-18)8-11(16)9-14(19-3)6-5-7-14/h11H,4-9,16H2,1-3H3. The summed E-state index contributed by atoms with van der Waals surface area (Å²) in [5.41, 5.74) is 8.62. The number of aryl methyl sites for hydroxylation is 2. The molecule has 1 aromatic heterocycles. The van der Waals surface area contributed by atoms with E-state index < -0.39 is 0 Å². The van der Waals surface area contributed by atoms with Gasteiger partial charge in [0.1, 0.15) is 0 Å². The molecule has 0 radical (unpaired) electrons. The van der Waals surface area contributed by atoms with Crippen LogP contribution in [0.5, 0.6) is 0 Å². The molecule has 0 bridgehead atoms. The van der Waals surface area contributed by atoms with E-state index in [0.29, 0.717) is 0 Å². The van der Waals surface area contributed by atoms with Gasteiger partial charge in [-0.3, -0.25) is 4.68 Å². The predicted octanol–water partition coefficient (Wildman–Crippen LogP) is 2.80. The minimum atomic E-state index is 0.0397. The molecule has 1 heterocycles. The molecule has 2 N–H and O–H groups in total. The third-order valence-electron chi connectivity index (χ3n) is 4.24. The molecule has 1 atom stereocenters. The lowest BCUT2D eigenvalue weighted by Crippen LogP contribution is -2.45. The lowest BCUT2D eigenvalue weighted by atomic mass is 9.75. The van der Waals surface area contributed by atoms with Crippen molar-refractivity contribution in [2.24, 2.45) is 5.73 Å². The van der Waals surface area contributed by atoms with Gasteiger partial charge in [-0.05, 0) is 55.5 Å². The molecule has 0 spiro atoms. The van der Waals surface area contributed by atoms with Crippen molar-refractivity contribution >= 4 is 15.9 Å². The largest absolute Gasteiger partial charge is 0.378 e. The van der Waals surface area contributed by atoms with Crippen molar-refractivity contribution in [3.63, 3.8) is 0 Å². The smallest absolute Gasteiger partial charge is 0.0738 e. The maximum Gasteiger partial charge on any atom is 0.0738 e. The highest BCUT2D eigenvalue weighted by Crippen LogP contribution is 2.39. The molecule has 1 aliphatic carbocycles. The molecule has 2 rings (SSSR count). The first-order valence-electron chi connectivity index (χ1n) is 7.04. The van der Waals surface area contributed by atoms with Crippen molar-refractivity contribution in [3.05, 3.63) is 15.9 Å². The van der Waals surface area contributed by atoms with Gasteiger partial charge in [0.2, 0.25) is 0 Å². The second-order valence-electron chi connectivity index (χ2n) is 5.57. The monoisotopic (exact) mass is 329 g/mol. The number of methoxy groups -OCH3 is 1. The quantitative estimate of drug-likeness (QED) is 0.873. The lowest BCUT2D eigenvalue weighted by Gasteiger charge is -2.42. The minimum Gasteiger partial charge on any atom is -0.378 e. The van der Waals surface area contributed by atoms with E-state index >= 15 is 0 Å². The summed E-state index contributed by atoms with van der Waals surface area (Å²) in [6, 6.07) is 0.123. The summed E-state index contributed by atoms with van der Waals surface area (Å²) in [5.74, 6) is 0. The molecule has 1 saturated carbocycles. The average Bonchev–Trinajstić information content (AvgIpc) is 2.61. The molecule has 0 amide bonds. The minimum absolute atomic E-state index is 0.0397. The molecule has 0 saturated heterocycles. The van der Waals surface area contributed by atoms with Gasteiger partial charge in [-0.15, -0.1) is 0 Å². The Bertz CT molecular complexity index is 435. The van der Waals surface area contributed by atoms with Crippen molar-refractivity contribution in [2.75, 3.05) is 7.11 Å². The van der Waals surface area contributed by atoms with Gasteiger partial charge in [-0.1, -0.05) is 0 Å². The Balaban J connectivity index is 2.04. The van der Waals surface area contributed by atoms with Gasteiger partial charge in [0.25, 0.3) is 0 Å². The molecule has 1 aromatic rings.